The Hall–Kier alpha value is -1.45. The van der Waals surface area contributed by atoms with Crippen molar-refractivity contribution in [2.75, 3.05) is 6.54 Å². The van der Waals surface area contributed by atoms with Gasteiger partial charge in [-0.1, -0.05) is 24.3 Å². The van der Waals surface area contributed by atoms with Crippen molar-refractivity contribution >= 4 is 10.9 Å². The van der Waals surface area contributed by atoms with E-state index in [0.717, 1.165) is 16.5 Å². The van der Waals surface area contributed by atoms with Gasteiger partial charge in [0.25, 0.3) is 0 Å². The van der Waals surface area contributed by atoms with Gasteiger partial charge in [-0.2, -0.15) is 0 Å². The normalized spacial score (nSPS) is 14.9. The molecule has 0 spiro atoms. The standard InChI is InChI=1S/C13H16N2O/c1-13(16,7-8-14)11-6-2-4-10-5-3-9-15-12(10)11/h2-6,9,16H,7-8,14H2,1H3. The smallest absolute Gasteiger partial charge is 0.0901 e. The zero-order valence-electron chi connectivity index (χ0n) is 9.35. The summed E-state index contributed by atoms with van der Waals surface area (Å²) in [6, 6.07) is 9.72. The van der Waals surface area contributed by atoms with Gasteiger partial charge in [-0.25, -0.2) is 0 Å². The molecule has 1 aromatic heterocycles. The molecule has 2 rings (SSSR count). The molecule has 3 heteroatoms. The number of hydrogen-bond donors (Lipinski definition) is 2. The van der Waals surface area contributed by atoms with Gasteiger partial charge in [-0.15, -0.1) is 0 Å². The third kappa shape index (κ3) is 1.92. The summed E-state index contributed by atoms with van der Waals surface area (Å²) < 4.78 is 0. The van der Waals surface area contributed by atoms with Crippen molar-refractivity contribution in [3.63, 3.8) is 0 Å². The van der Waals surface area contributed by atoms with Crippen LogP contribution in [0, 0.1) is 0 Å². The van der Waals surface area contributed by atoms with Crippen molar-refractivity contribution in [1.29, 1.82) is 0 Å². The zero-order valence-corrected chi connectivity index (χ0v) is 9.35. The average Bonchev–Trinajstić information content (AvgIpc) is 2.28. The van der Waals surface area contributed by atoms with Crippen LogP contribution in [-0.4, -0.2) is 16.6 Å². The summed E-state index contributed by atoms with van der Waals surface area (Å²) in [5.41, 5.74) is 6.30. The number of aromatic nitrogens is 1. The molecule has 2 aromatic rings. The molecule has 1 heterocycles. The summed E-state index contributed by atoms with van der Waals surface area (Å²) in [5.74, 6) is 0. The maximum Gasteiger partial charge on any atom is 0.0901 e. The Labute approximate surface area is 94.9 Å². The minimum atomic E-state index is -0.914. The molecule has 0 bridgehead atoms. The van der Waals surface area contributed by atoms with Gasteiger partial charge in [-0.3, -0.25) is 4.98 Å². The number of aliphatic hydroxyl groups is 1. The number of nitrogens with two attached hydrogens (primary N) is 1. The average molecular weight is 216 g/mol. The number of benzene rings is 1. The summed E-state index contributed by atoms with van der Waals surface area (Å²) in [4.78, 5) is 4.33. The quantitative estimate of drug-likeness (QED) is 0.822. The molecule has 3 N–H and O–H groups in total. The van der Waals surface area contributed by atoms with Crippen molar-refractivity contribution in [2.24, 2.45) is 5.73 Å². The molecule has 0 saturated heterocycles. The van der Waals surface area contributed by atoms with Gasteiger partial charge in [0.15, 0.2) is 0 Å². The molecule has 0 aliphatic carbocycles. The van der Waals surface area contributed by atoms with E-state index in [1.807, 2.05) is 30.3 Å². The molecular weight excluding hydrogens is 200 g/mol. The highest BCUT2D eigenvalue weighted by atomic mass is 16.3. The second kappa shape index (κ2) is 4.20. The van der Waals surface area contributed by atoms with Gasteiger partial charge in [0.2, 0.25) is 0 Å². The molecule has 0 aliphatic heterocycles. The maximum absolute atomic E-state index is 10.4. The molecular formula is C13H16N2O. The SMILES string of the molecule is CC(O)(CCN)c1cccc2cccnc12. The first-order valence-electron chi connectivity index (χ1n) is 5.42. The van der Waals surface area contributed by atoms with Crippen molar-refractivity contribution in [3.05, 3.63) is 42.1 Å². The molecule has 1 atom stereocenters. The summed E-state index contributed by atoms with van der Waals surface area (Å²) >= 11 is 0. The Morgan fingerprint density at radius 3 is 2.81 bits per heavy atom. The van der Waals surface area contributed by atoms with Crippen molar-refractivity contribution < 1.29 is 5.11 Å². The van der Waals surface area contributed by atoms with Gasteiger partial charge in [-0.05, 0) is 26.0 Å². The van der Waals surface area contributed by atoms with E-state index < -0.39 is 5.60 Å². The predicted octanol–water partition coefficient (Wildman–Crippen LogP) is 1.79. The molecule has 16 heavy (non-hydrogen) atoms. The van der Waals surface area contributed by atoms with E-state index in [0.29, 0.717) is 13.0 Å². The number of rotatable bonds is 3. The first-order chi connectivity index (χ1) is 7.65. The summed E-state index contributed by atoms with van der Waals surface area (Å²) in [5, 5.41) is 11.4. The maximum atomic E-state index is 10.4. The van der Waals surface area contributed by atoms with E-state index in [9.17, 15) is 5.11 Å². The first-order valence-corrected chi connectivity index (χ1v) is 5.42. The van der Waals surface area contributed by atoms with Crippen LogP contribution >= 0.6 is 0 Å². The number of nitrogens with zero attached hydrogens (tertiary/aromatic N) is 1. The van der Waals surface area contributed by atoms with E-state index >= 15 is 0 Å². The van der Waals surface area contributed by atoms with Gasteiger partial charge in [0.1, 0.15) is 0 Å². The largest absolute Gasteiger partial charge is 0.385 e. The van der Waals surface area contributed by atoms with Crippen LogP contribution in [0.3, 0.4) is 0 Å². The number of fused-ring (bicyclic) bond motifs is 1. The molecule has 0 aliphatic rings. The lowest BCUT2D eigenvalue weighted by Gasteiger charge is -2.24. The Kier molecular flexibility index (Phi) is 2.90. The second-order valence-electron chi connectivity index (χ2n) is 4.19. The van der Waals surface area contributed by atoms with Crippen LogP contribution in [0.2, 0.25) is 0 Å². The van der Waals surface area contributed by atoms with E-state index in [1.54, 1.807) is 13.1 Å². The highest BCUT2D eigenvalue weighted by molar-refractivity contribution is 5.82. The molecule has 0 saturated carbocycles. The molecule has 84 valence electrons. The van der Waals surface area contributed by atoms with E-state index in [1.165, 1.54) is 0 Å². The molecule has 1 unspecified atom stereocenters. The Morgan fingerprint density at radius 1 is 1.31 bits per heavy atom. The van der Waals surface area contributed by atoms with Crippen LogP contribution in [0.1, 0.15) is 18.9 Å². The zero-order chi connectivity index (χ0) is 11.6. The fourth-order valence-electron chi connectivity index (χ4n) is 1.95. The Morgan fingerprint density at radius 2 is 2.06 bits per heavy atom. The van der Waals surface area contributed by atoms with Gasteiger partial charge < -0.3 is 10.8 Å². The van der Waals surface area contributed by atoms with Gasteiger partial charge in [0, 0.05) is 17.1 Å². The van der Waals surface area contributed by atoms with Crippen molar-refractivity contribution in [3.8, 4) is 0 Å². The molecule has 0 radical (unpaired) electrons. The summed E-state index contributed by atoms with van der Waals surface area (Å²) in [7, 11) is 0. The number of para-hydroxylation sites is 1. The minimum Gasteiger partial charge on any atom is -0.385 e. The van der Waals surface area contributed by atoms with Gasteiger partial charge >= 0.3 is 0 Å². The van der Waals surface area contributed by atoms with E-state index in [-0.39, 0.29) is 0 Å². The van der Waals surface area contributed by atoms with Crippen LogP contribution in [-0.2, 0) is 5.60 Å². The van der Waals surface area contributed by atoms with E-state index in [2.05, 4.69) is 4.98 Å². The second-order valence-corrected chi connectivity index (χ2v) is 4.19. The molecule has 0 amide bonds. The van der Waals surface area contributed by atoms with Crippen LogP contribution < -0.4 is 5.73 Å². The summed E-state index contributed by atoms with van der Waals surface area (Å²) in [6.07, 6.45) is 2.27. The fraction of sp³-hybridized carbons (Fsp3) is 0.308. The third-order valence-electron chi connectivity index (χ3n) is 2.84. The highest BCUT2D eigenvalue weighted by Gasteiger charge is 2.24. The Bertz CT molecular complexity index is 489. The first kappa shape index (κ1) is 11.0. The molecule has 1 aromatic carbocycles. The van der Waals surface area contributed by atoms with Crippen LogP contribution in [0.15, 0.2) is 36.5 Å². The van der Waals surface area contributed by atoms with Crippen LogP contribution in [0.4, 0.5) is 0 Å². The predicted molar refractivity (Wildman–Crippen MR) is 65.0 cm³/mol. The topological polar surface area (TPSA) is 59.1 Å². The molecule has 0 fully saturated rings. The monoisotopic (exact) mass is 216 g/mol. The van der Waals surface area contributed by atoms with Crippen LogP contribution in [0.25, 0.3) is 10.9 Å². The lowest BCUT2D eigenvalue weighted by molar-refractivity contribution is 0.0518. The van der Waals surface area contributed by atoms with E-state index in [4.69, 9.17) is 5.73 Å². The van der Waals surface area contributed by atoms with Gasteiger partial charge in [0.05, 0.1) is 11.1 Å². The number of hydrogen-bond acceptors (Lipinski definition) is 3. The summed E-state index contributed by atoms with van der Waals surface area (Å²) in [6.45, 7) is 2.24. The lowest BCUT2D eigenvalue weighted by Crippen LogP contribution is -2.25. The van der Waals surface area contributed by atoms with Crippen molar-refractivity contribution in [1.82, 2.24) is 4.98 Å². The fourth-order valence-corrected chi connectivity index (χ4v) is 1.95. The van der Waals surface area contributed by atoms with Crippen molar-refractivity contribution in [2.45, 2.75) is 18.9 Å². The number of pyridine rings is 1. The third-order valence-corrected chi connectivity index (χ3v) is 2.84. The lowest BCUT2D eigenvalue weighted by atomic mass is 9.90. The van der Waals surface area contributed by atoms with Crippen LogP contribution in [0.5, 0.6) is 0 Å². The highest BCUT2D eigenvalue weighted by Crippen LogP contribution is 2.29. The minimum absolute atomic E-state index is 0.455. The molecule has 3 nitrogen and oxygen atoms in total. The Balaban J connectivity index is 2.60.